The second kappa shape index (κ2) is 5.90. The van der Waals surface area contributed by atoms with Gasteiger partial charge in [-0.3, -0.25) is 4.79 Å². The predicted molar refractivity (Wildman–Crippen MR) is 86.6 cm³/mol. The third kappa shape index (κ3) is 2.63. The third-order valence-corrected chi connectivity index (χ3v) is 4.16. The smallest absolute Gasteiger partial charge is 0.374 e. The maximum Gasteiger partial charge on any atom is 0.374 e. The first-order valence-corrected chi connectivity index (χ1v) is 7.80. The molecule has 2 heterocycles. The first-order chi connectivity index (χ1) is 10.6. The molecule has 3 rings (SSSR count). The van der Waals surface area contributed by atoms with Gasteiger partial charge in [0.15, 0.2) is 0 Å². The minimum Gasteiger partial charge on any atom is -0.460 e. The summed E-state index contributed by atoms with van der Waals surface area (Å²) in [5.74, 6) is -0.724. The van der Waals surface area contributed by atoms with Gasteiger partial charge < -0.3 is 9.72 Å². The Balaban J connectivity index is 2.17. The number of benzene rings is 1. The van der Waals surface area contributed by atoms with Crippen LogP contribution in [0.2, 0.25) is 5.02 Å². The summed E-state index contributed by atoms with van der Waals surface area (Å²) in [5, 5.41) is 2.86. The van der Waals surface area contributed by atoms with Crippen LogP contribution in [0.5, 0.6) is 0 Å². The van der Waals surface area contributed by atoms with Crippen LogP contribution < -0.4 is 5.56 Å². The van der Waals surface area contributed by atoms with Crippen LogP contribution in [-0.4, -0.2) is 22.5 Å². The Morgan fingerprint density at radius 3 is 3.00 bits per heavy atom. The molecule has 112 valence electrons. The van der Waals surface area contributed by atoms with Gasteiger partial charge in [-0.15, -0.1) is 11.3 Å². The highest BCUT2D eigenvalue weighted by molar-refractivity contribution is 7.17. The molecule has 2 aromatic heterocycles. The van der Waals surface area contributed by atoms with Crippen LogP contribution >= 0.6 is 22.9 Å². The van der Waals surface area contributed by atoms with E-state index in [2.05, 4.69) is 9.97 Å². The number of thiophene rings is 1. The van der Waals surface area contributed by atoms with Crippen LogP contribution in [0.1, 0.15) is 17.5 Å². The van der Waals surface area contributed by atoms with Crippen molar-refractivity contribution in [1.82, 2.24) is 9.97 Å². The van der Waals surface area contributed by atoms with Crippen molar-refractivity contribution in [2.45, 2.75) is 6.92 Å². The molecule has 7 heteroatoms. The number of ether oxygens (including phenoxy) is 1. The SMILES string of the molecule is CCOC(=O)c1nc2scc(-c3cccc(Cl)c3)c2c(=O)[nH]1. The van der Waals surface area contributed by atoms with Crippen LogP contribution in [0.4, 0.5) is 0 Å². The van der Waals surface area contributed by atoms with Crippen molar-refractivity contribution in [3.63, 3.8) is 0 Å². The fraction of sp³-hybridized carbons (Fsp3) is 0.133. The molecule has 0 saturated heterocycles. The van der Waals surface area contributed by atoms with Gasteiger partial charge in [-0.05, 0) is 24.6 Å². The summed E-state index contributed by atoms with van der Waals surface area (Å²) >= 11 is 7.29. The lowest BCUT2D eigenvalue weighted by Crippen LogP contribution is -2.17. The highest BCUT2D eigenvalue weighted by Gasteiger charge is 2.16. The largest absolute Gasteiger partial charge is 0.460 e. The van der Waals surface area contributed by atoms with Crippen LogP contribution in [0.25, 0.3) is 21.3 Å². The molecule has 0 aliphatic rings. The standard InChI is InChI=1S/C15H11ClN2O3S/c1-2-21-15(20)12-17-13(19)11-10(7-22-14(11)18-12)8-4-3-5-9(16)6-8/h3-7H,2H2,1H3,(H,17,18,19). The predicted octanol–water partition coefficient (Wildman–Crippen LogP) is 3.48. The Morgan fingerprint density at radius 2 is 2.27 bits per heavy atom. The van der Waals surface area contributed by atoms with Gasteiger partial charge in [-0.1, -0.05) is 23.7 Å². The fourth-order valence-corrected chi connectivity index (χ4v) is 3.25. The summed E-state index contributed by atoms with van der Waals surface area (Å²) in [4.78, 5) is 31.2. The Kier molecular flexibility index (Phi) is 3.96. The first kappa shape index (κ1) is 14.7. The lowest BCUT2D eigenvalue weighted by molar-refractivity contribution is 0.0512. The average molecular weight is 335 g/mol. The zero-order valence-electron chi connectivity index (χ0n) is 11.6. The van der Waals surface area contributed by atoms with E-state index in [1.807, 2.05) is 17.5 Å². The van der Waals surface area contributed by atoms with E-state index in [4.69, 9.17) is 16.3 Å². The van der Waals surface area contributed by atoms with Gasteiger partial charge in [0.2, 0.25) is 5.82 Å². The van der Waals surface area contributed by atoms with Crippen LogP contribution in [0.3, 0.4) is 0 Å². The van der Waals surface area contributed by atoms with Gasteiger partial charge in [-0.25, -0.2) is 9.78 Å². The third-order valence-electron chi connectivity index (χ3n) is 3.05. The molecule has 0 saturated carbocycles. The van der Waals surface area contributed by atoms with Crippen molar-refractivity contribution < 1.29 is 9.53 Å². The molecule has 1 aromatic carbocycles. The lowest BCUT2D eigenvalue weighted by Gasteiger charge is -2.02. The number of aromatic amines is 1. The molecule has 22 heavy (non-hydrogen) atoms. The number of carbonyl (C=O) groups excluding carboxylic acids is 1. The van der Waals surface area contributed by atoms with Gasteiger partial charge in [-0.2, -0.15) is 0 Å². The molecule has 0 bridgehead atoms. The summed E-state index contributed by atoms with van der Waals surface area (Å²) in [6, 6.07) is 7.23. The monoisotopic (exact) mass is 334 g/mol. The number of hydrogen-bond acceptors (Lipinski definition) is 5. The molecule has 0 aliphatic heterocycles. The molecule has 0 fully saturated rings. The molecule has 3 aromatic rings. The number of esters is 1. The Hall–Kier alpha value is -2.18. The van der Waals surface area contributed by atoms with Crippen molar-refractivity contribution in [3.05, 3.63) is 50.8 Å². The van der Waals surface area contributed by atoms with Gasteiger partial charge in [0.1, 0.15) is 4.83 Å². The quantitative estimate of drug-likeness (QED) is 0.744. The number of nitrogens with zero attached hydrogens (tertiary/aromatic N) is 1. The van der Waals surface area contributed by atoms with Crippen molar-refractivity contribution in [2.75, 3.05) is 6.61 Å². The summed E-state index contributed by atoms with van der Waals surface area (Å²) in [5.41, 5.74) is 1.20. The number of fused-ring (bicyclic) bond motifs is 1. The first-order valence-electron chi connectivity index (χ1n) is 6.54. The molecular weight excluding hydrogens is 324 g/mol. The molecule has 5 nitrogen and oxygen atoms in total. The van der Waals surface area contributed by atoms with E-state index >= 15 is 0 Å². The number of hydrogen-bond donors (Lipinski definition) is 1. The van der Waals surface area contributed by atoms with Gasteiger partial charge >= 0.3 is 5.97 Å². The molecule has 0 atom stereocenters. The highest BCUT2D eigenvalue weighted by Crippen LogP contribution is 2.31. The van der Waals surface area contributed by atoms with E-state index in [1.54, 1.807) is 19.1 Å². The Bertz CT molecular complexity index is 917. The molecule has 0 aliphatic carbocycles. The number of halogens is 1. The number of aromatic nitrogens is 2. The van der Waals surface area contributed by atoms with Crippen LogP contribution in [-0.2, 0) is 4.74 Å². The molecular formula is C15H11ClN2O3S. The summed E-state index contributed by atoms with van der Waals surface area (Å²) in [6.45, 7) is 1.91. The maximum absolute atomic E-state index is 12.3. The van der Waals surface area contributed by atoms with Crippen molar-refractivity contribution in [1.29, 1.82) is 0 Å². The van der Waals surface area contributed by atoms with Crippen molar-refractivity contribution >= 4 is 39.1 Å². The van der Waals surface area contributed by atoms with Crippen LogP contribution in [0, 0.1) is 0 Å². The Labute approximate surface area is 134 Å². The van der Waals surface area contributed by atoms with Crippen molar-refractivity contribution in [2.24, 2.45) is 0 Å². The highest BCUT2D eigenvalue weighted by atomic mass is 35.5. The minimum atomic E-state index is -0.640. The molecule has 0 amide bonds. The van der Waals surface area contributed by atoms with E-state index in [0.717, 1.165) is 11.1 Å². The molecule has 0 unspecified atom stereocenters. The van der Waals surface area contributed by atoms with E-state index < -0.39 is 5.97 Å². The zero-order chi connectivity index (χ0) is 15.7. The maximum atomic E-state index is 12.3. The van der Waals surface area contributed by atoms with Gasteiger partial charge in [0.25, 0.3) is 5.56 Å². The normalized spacial score (nSPS) is 10.8. The number of nitrogens with one attached hydrogen (secondary N) is 1. The summed E-state index contributed by atoms with van der Waals surface area (Å²) < 4.78 is 4.85. The second-order valence-electron chi connectivity index (χ2n) is 4.47. The van der Waals surface area contributed by atoms with E-state index in [1.165, 1.54) is 11.3 Å². The second-order valence-corrected chi connectivity index (χ2v) is 5.77. The lowest BCUT2D eigenvalue weighted by atomic mass is 10.1. The minimum absolute atomic E-state index is 0.0844. The summed E-state index contributed by atoms with van der Waals surface area (Å²) in [6.07, 6.45) is 0. The van der Waals surface area contributed by atoms with E-state index in [-0.39, 0.29) is 18.0 Å². The number of carbonyl (C=O) groups is 1. The fourth-order valence-electron chi connectivity index (χ4n) is 2.11. The molecule has 1 N–H and O–H groups in total. The number of rotatable bonds is 3. The van der Waals surface area contributed by atoms with Crippen molar-refractivity contribution in [3.8, 4) is 11.1 Å². The topological polar surface area (TPSA) is 72.0 Å². The molecule has 0 spiro atoms. The van der Waals surface area contributed by atoms with E-state index in [0.29, 0.717) is 15.2 Å². The molecule has 0 radical (unpaired) electrons. The van der Waals surface area contributed by atoms with Gasteiger partial charge in [0.05, 0.1) is 12.0 Å². The van der Waals surface area contributed by atoms with E-state index in [9.17, 15) is 9.59 Å². The zero-order valence-corrected chi connectivity index (χ0v) is 13.1. The summed E-state index contributed by atoms with van der Waals surface area (Å²) in [7, 11) is 0. The van der Waals surface area contributed by atoms with Crippen LogP contribution in [0.15, 0.2) is 34.4 Å². The average Bonchev–Trinajstić information content (AvgIpc) is 2.92. The number of H-pyrrole nitrogens is 1. The Morgan fingerprint density at radius 1 is 1.45 bits per heavy atom. The van der Waals surface area contributed by atoms with Gasteiger partial charge in [0, 0.05) is 16.0 Å².